The van der Waals surface area contributed by atoms with Crippen LogP contribution in [0.5, 0.6) is 0 Å². The van der Waals surface area contributed by atoms with E-state index < -0.39 is 48.2 Å². The number of nitrogens with zero attached hydrogens (tertiary/aromatic N) is 1. The Morgan fingerprint density at radius 1 is 1.15 bits per heavy atom. The van der Waals surface area contributed by atoms with Crippen molar-refractivity contribution in [2.75, 3.05) is 13.1 Å². The molecular weight excluding hydrogens is 380 g/mol. The van der Waals surface area contributed by atoms with Gasteiger partial charge in [0.05, 0.1) is 5.56 Å². The smallest absolute Gasteiger partial charge is 0.416 e. The van der Waals surface area contributed by atoms with Crippen LogP contribution in [0.15, 0.2) is 24.3 Å². The van der Waals surface area contributed by atoms with Crippen LogP contribution in [-0.4, -0.2) is 41.1 Å². The molecule has 1 saturated heterocycles. The highest BCUT2D eigenvalue weighted by Gasteiger charge is 2.64. The van der Waals surface area contributed by atoms with Crippen LogP contribution in [0.3, 0.4) is 0 Å². The molecule has 1 fully saturated rings. The van der Waals surface area contributed by atoms with Crippen LogP contribution in [0.25, 0.3) is 0 Å². The molecule has 150 valence electrons. The number of carbonyl (C=O) groups is 2. The highest BCUT2D eigenvalue weighted by Crippen LogP contribution is 2.45. The summed E-state index contributed by atoms with van der Waals surface area (Å²) in [4.78, 5) is 24.0. The average Bonchev–Trinajstić information content (AvgIpc) is 3.01. The first-order chi connectivity index (χ1) is 12.4. The zero-order chi connectivity index (χ0) is 20.5. The van der Waals surface area contributed by atoms with Crippen molar-refractivity contribution in [2.45, 2.75) is 38.0 Å². The molecule has 0 aromatic heterocycles. The molecule has 1 amide bonds. The lowest BCUT2D eigenvalue weighted by Crippen LogP contribution is -2.47. The fourth-order valence-corrected chi connectivity index (χ4v) is 3.05. The van der Waals surface area contributed by atoms with Crippen molar-refractivity contribution in [1.82, 2.24) is 4.90 Å². The van der Waals surface area contributed by atoms with E-state index in [2.05, 4.69) is 0 Å². The zero-order valence-corrected chi connectivity index (χ0v) is 14.0. The molecule has 4 nitrogen and oxygen atoms in total. The molecule has 1 unspecified atom stereocenters. The fourth-order valence-electron chi connectivity index (χ4n) is 3.05. The highest BCUT2D eigenvalue weighted by atomic mass is 19.4. The number of carboxylic acids is 1. The third-order valence-electron chi connectivity index (χ3n) is 4.68. The number of amides is 1. The first-order valence-corrected chi connectivity index (χ1v) is 8.11. The lowest BCUT2D eigenvalue weighted by Gasteiger charge is -2.27. The Morgan fingerprint density at radius 2 is 1.81 bits per heavy atom. The lowest BCUT2D eigenvalue weighted by molar-refractivity contribution is -0.227. The maximum absolute atomic E-state index is 13.1. The molecule has 0 aliphatic carbocycles. The van der Waals surface area contributed by atoms with E-state index >= 15 is 0 Å². The number of benzene rings is 1. The van der Waals surface area contributed by atoms with Crippen molar-refractivity contribution in [3.63, 3.8) is 0 Å². The SMILES string of the molecule is O=C(CCCc1cccc(C(F)(F)F)c1)N1CCC(C(=O)O)(C(F)(F)F)C1. The van der Waals surface area contributed by atoms with Gasteiger partial charge < -0.3 is 10.0 Å². The molecule has 0 spiro atoms. The van der Waals surface area contributed by atoms with E-state index in [1.54, 1.807) is 0 Å². The molecule has 1 heterocycles. The summed E-state index contributed by atoms with van der Waals surface area (Å²) in [5.74, 6) is -2.66. The number of alkyl halides is 6. The molecule has 2 rings (SSSR count). The molecule has 1 N–H and O–H groups in total. The fraction of sp³-hybridized carbons (Fsp3) is 0.529. The summed E-state index contributed by atoms with van der Waals surface area (Å²) >= 11 is 0. The monoisotopic (exact) mass is 397 g/mol. The number of likely N-dealkylation sites (tertiary alicyclic amines) is 1. The third kappa shape index (κ3) is 4.54. The van der Waals surface area contributed by atoms with Crippen LogP contribution in [0.4, 0.5) is 26.3 Å². The Bertz CT molecular complexity index is 715. The second kappa shape index (κ2) is 7.40. The Hall–Kier alpha value is -2.26. The summed E-state index contributed by atoms with van der Waals surface area (Å²) < 4.78 is 77.3. The predicted molar refractivity (Wildman–Crippen MR) is 81.7 cm³/mol. The van der Waals surface area contributed by atoms with Gasteiger partial charge in [-0.05, 0) is 30.9 Å². The quantitative estimate of drug-likeness (QED) is 0.767. The standard InChI is InChI=1S/C17H17F6NO3/c18-16(19,20)12-5-1-3-11(9-12)4-2-6-13(25)24-8-7-15(10-24,14(26)27)17(21,22)23/h1,3,5,9H,2,4,6-8,10H2,(H,26,27). The van der Waals surface area contributed by atoms with Gasteiger partial charge >= 0.3 is 18.3 Å². The minimum Gasteiger partial charge on any atom is -0.481 e. The van der Waals surface area contributed by atoms with Crippen molar-refractivity contribution in [3.05, 3.63) is 35.4 Å². The summed E-state index contributed by atoms with van der Waals surface area (Å²) in [6.07, 6.45) is -10.1. The van der Waals surface area contributed by atoms with Gasteiger partial charge in [-0.25, -0.2) is 0 Å². The van der Waals surface area contributed by atoms with E-state index in [0.717, 1.165) is 17.0 Å². The molecule has 0 saturated carbocycles. The number of hydrogen-bond donors (Lipinski definition) is 1. The summed E-state index contributed by atoms with van der Waals surface area (Å²) in [6.45, 7) is -1.28. The normalized spacial score (nSPS) is 20.7. The zero-order valence-electron chi connectivity index (χ0n) is 14.0. The molecule has 0 bridgehead atoms. The van der Waals surface area contributed by atoms with Crippen LogP contribution in [-0.2, 0) is 22.2 Å². The van der Waals surface area contributed by atoms with E-state index in [1.165, 1.54) is 12.1 Å². The topological polar surface area (TPSA) is 57.6 Å². The Morgan fingerprint density at radius 3 is 2.33 bits per heavy atom. The van der Waals surface area contributed by atoms with E-state index in [-0.39, 0.29) is 25.8 Å². The molecule has 1 aromatic rings. The van der Waals surface area contributed by atoms with E-state index in [9.17, 15) is 35.9 Å². The third-order valence-corrected chi connectivity index (χ3v) is 4.68. The molecule has 1 aliphatic heterocycles. The van der Waals surface area contributed by atoms with Crippen LogP contribution < -0.4 is 0 Å². The Balaban J connectivity index is 1.93. The molecule has 10 heteroatoms. The number of hydrogen-bond acceptors (Lipinski definition) is 2. The van der Waals surface area contributed by atoms with Crippen LogP contribution >= 0.6 is 0 Å². The number of carboxylic acid groups (broad SMARTS) is 1. The van der Waals surface area contributed by atoms with Gasteiger partial charge in [0, 0.05) is 19.5 Å². The molecular formula is C17H17F6NO3. The number of rotatable bonds is 5. The van der Waals surface area contributed by atoms with Gasteiger partial charge in [-0.15, -0.1) is 0 Å². The Labute approximate surface area is 150 Å². The van der Waals surface area contributed by atoms with Crippen molar-refractivity contribution >= 4 is 11.9 Å². The van der Waals surface area contributed by atoms with E-state index in [0.29, 0.717) is 5.56 Å². The largest absolute Gasteiger partial charge is 0.481 e. The maximum Gasteiger partial charge on any atom is 0.416 e. The van der Waals surface area contributed by atoms with Crippen molar-refractivity contribution in [1.29, 1.82) is 0 Å². The second-order valence-corrected chi connectivity index (χ2v) is 6.50. The summed E-state index contributed by atoms with van der Waals surface area (Å²) in [5, 5.41) is 8.97. The van der Waals surface area contributed by atoms with Gasteiger partial charge in [0.25, 0.3) is 0 Å². The molecule has 1 aromatic carbocycles. The van der Waals surface area contributed by atoms with Crippen LogP contribution in [0.1, 0.15) is 30.4 Å². The van der Waals surface area contributed by atoms with E-state index in [4.69, 9.17) is 5.11 Å². The van der Waals surface area contributed by atoms with E-state index in [1.807, 2.05) is 0 Å². The van der Waals surface area contributed by atoms with Gasteiger partial charge in [0.2, 0.25) is 5.91 Å². The summed E-state index contributed by atoms with van der Waals surface area (Å²) in [5.41, 5.74) is -3.43. The van der Waals surface area contributed by atoms with Gasteiger partial charge in [-0.3, -0.25) is 9.59 Å². The lowest BCUT2D eigenvalue weighted by atomic mass is 9.86. The van der Waals surface area contributed by atoms with Crippen LogP contribution in [0.2, 0.25) is 0 Å². The maximum atomic E-state index is 13.1. The van der Waals surface area contributed by atoms with Crippen molar-refractivity contribution in [2.24, 2.45) is 5.41 Å². The number of aryl methyl sites for hydroxylation is 1. The molecule has 27 heavy (non-hydrogen) atoms. The first-order valence-electron chi connectivity index (χ1n) is 8.11. The van der Waals surface area contributed by atoms with Gasteiger partial charge in [0.1, 0.15) is 0 Å². The highest BCUT2D eigenvalue weighted by molar-refractivity contribution is 5.81. The summed E-state index contributed by atoms with van der Waals surface area (Å²) in [6, 6.07) is 4.58. The predicted octanol–water partition coefficient (Wildman–Crippen LogP) is 3.89. The summed E-state index contributed by atoms with van der Waals surface area (Å²) in [7, 11) is 0. The second-order valence-electron chi connectivity index (χ2n) is 6.50. The van der Waals surface area contributed by atoms with Gasteiger partial charge in [-0.1, -0.05) is 18.2 Å². The van der Waals surface area contributed by atoms with Gasteiger partial charge in [-0.2, -0.15) is 26.3 Å². The molecule has 1 aliphatic rings. The first kappa shape index (κ1) is 21.0. The average molecular weight is 397 g/mol. The van der Waals surface area contributed by atoms with Gasteiger partial charge in [0.15, 0.2) is 5.41 Å². The minimum atomic E-state index is -4.98. The minimum absolute atomic E-state index is 0.142. The van der Waals surface area contributed by atoms with Crippen LogP contribution in [0, 0.1) is 5.41 Å². The number of carbonyl (C=O) groups excluding carboxylic acids is 1. The Kier molecular flexibility index (Phi) is 5.77. The molecule has 0 radical (unpaired) electrons. The van der Waals surface area contributed by atoms with Crippen molar-refractivity contribution in [3.8, 4) is 0 Å². The number of aliphatic carboxylic acids is 1. The number of halogens is 6. The molecule has 1 atom stereocenters. The van der Waals surface area contributed by atoms with Crippen molar-refractivity contribution < 1.29 is 41.0 Å².